The zero-order chi connectivity index (χ0) is 16.5. The first kappa shape index (κ1) is 22.0. The van der Waals surface area contributed by atoms with Crippen molar-refractivity contribution in [3.05, 3.63) is 0 Å². The molecule has 1 unspecified atom stereocenters. The Labute approximate surface area is 142 Å². The molecule has 1 saturated carbocycles. The van der Waals surface area contributed by atoms with E-state index in [9.17, 15) is 0 Å². The van der Waals surface area contributed by atoms with Gasteiger partial charge in [0, 0.05) is 0 Å². The molecule has 0 nitrogen and oxygen atoms in total. The molecule has 1 rings (SSSR count). The molecule has 22 heavy (non-hydrogen) atoms. The lowest BCUT2D eigenvalue weighted by molar-refractivity contribution is 0.349. The third-order valence-electron chi connectivity index (χ3n) is 5.56. The van der Waals surface area contributed by atoms with Gasteiger partial charge in [0.2, 0.25) is 0 Å². The monoisotopic (exact) mass is 310 g/mol. The predicted octanol–water partition coefficient (Wildman–Crippen LogP) is 8.54. The molecule has 0 aromatic heterocycles. The molecule has 0 amide bonds. The van der Waals surface area contributed by atoms with E-state index in [1.807, 2.05) is 0 Å². The molecule has 0 aromatic carbocycles. The van der Waals surface area contributed by atoms with Crippen LogP contribution in [0.2, 0.25) is 0 Å². The highest BCUT2D eigenvalue weighted by molar-refractivity contribution is 4.63. The Bertz CT molecular complexity index is 190. The smallest absolute Gasteiger partial charge is 0.0417 e. The molecular weight excluding hydrogens is 264 g/mol. The Morgan fingerprint density at radius 3 is 1.68 bits per heavy atom. The summed E-state index contributed by atoms with van der Waals surface area (Å²) in [6, 6.07) is 0. The molecule has 0 heterocycles. The van der Waals surface area contributed by atoms with Crippen molar-refractivity contribution < 1.29 is 0 Å². The maximum atomic E-state index is 2.36. The molecule has 0 saturated heterocycles. The lowest BCUT2D eigenvalue weighted by Gasteiger charge is -2.18. The topological polar surface area (TPSA) is 0 Å². The van der Waals surface area contributed by atoms with Crippen molar-refractivity contribution in [2.24, 2.45) is 11.8 Å². The first-order valence-electron chi connectivity index (χ1n) is 10.8. The second-order valence-corrected chi connectivity index (χ2v) is 7.53. The Balaban J connectivity index is 0.000000461. The zero-order valence-corrected chi connectivity index (χ0v) is 16.5. The summed E-state index contributed by atoms with van der Waals surface area (Å²) in [5.41, 5.74) is 0. The molecule has 0 bridgehead atoms. The van der Waals surface area contributed by atoms with Gasteiger partial charge in [-0.25, -0.2) is 0 Å². The van der Waals surface area contributed by atoms with Crippen molar-refractivity contribution in [3.63, 3.8) is 0 Å². The Morgan fingerprint density at radius 2 is 1.23 bits per heavy atom. The molecule has 1 aliphatic rings. The molecule has 0 N–H and O–H groups in total. The average Bonchev–Trinajstić information content (AvgIpc) is 2.58. The van der Waals surface area contributed by atoms with E-state index in [4.69, 9.17) is 0 Å². The van der Waals surface area contributed by atoms with Crippen LogP contribution in [0.1, 0.15) is 130 Å². The van der Waals surface area contributed by atoms with Crippen molar-refractivity contribution in [2.45, 2.75) is 130 Å². The van der Waals surface area contributed by atoms with Gasteiger partial charge in [-0.2, -0.15) is 0 Å². The molecule has 0 heteroatoms. The summed E-state index contributed by atoms with van der Waals surface area (Å²) in [5, 5.41) is 0. The molecular formula is C22H46. The highest BCUT2D eigenvalue weighted by Crippen LogP contribution is 2.25. The van der Waals surface area contributed by atoms with Gasteiger partial charge in [-0.3, -0.25) is 0 Å². The third-order valence-corrected chi connectivity index (χ3v) is 5.56. The highest BCUT2D eigenvalue weighted by Gasteiger charge is 2.09. The first-order chi connectivity index (χ1) is 10.8. The fourth-order valence-electron chi connectivity index (χ4n) is 3.69. The fourth-order valence-corrected chi connectivity index (χ4v) is 3.69. The predicted molar refractivity (Wildman–Crippen MR) is 104 cm³/mol. The zero-order valence-electron chi connectivity index (χ0n) is 16.5. The van der Waals surface area contributed by atoms with E-state index < -0.39 is 0 Å². The lowest BCUT2D eigenvalue weighted by atomic mass is 9.88. The van der Waals surface area contributed by atoms with Gasteiger partial charge in [-0.15, -0.1) is 0 Å². The molecule has 1 aliphatic carbocycles. The summed E-state index contributed by atoms with van der Waals surface area (Å²) in [6.45, 7) is 9.26. The van der Waals surface area contributed by atoms with Gasteiger partial charge in [-0.1, -0.05) is 130 Å². The van der Waals surface area contributed by atoms with Crippen LogP contribution in [0.3, 0.4) is 0 Å². The fraction of sp³-hybridized carbons (Fsp3) is 1.00. The van der Waals surface area contributed by atoms with Crippen LogP contribution in [0.4, 0.5) is 0 Å². The number of rotatable bonds is 11. The van der Waals surface area contributed by atoms with Crippen LogP contribution in [0.5, 0.6) is 0 Å². The van der Waals surface area contributed by atoms with Gasteiger partial charge in [0.25, 0.3) is 0 Å². The van der Waals surface area contributed by atoms with Gasteiger partial charge in [-0.05, 0) is 11.8 Å². The third kappa shape index (κ3) is 13.6. The molecule has 0 aliphatic heterocycles. The lowest BCUT2D eigenvalue weighted by Crippen LogP contribution is -2.03. The number of hydrogen-bond acceptors (Lipinski definition) is 0. The van der Waals surface area contributed by atoms with Crippen LogP contribution < -0.4 is 0 Å². The quantitative estimate of drug-likeness (QED) is 0.335. The average molecular weight is 311 g/mol. The van der Waals surface area contributed by atoms with Crippen LogP contribution in [-0.4, -0.2) is 0 Å². The van der Waals surface area contributed by atoms with Crippen molar-refractivity contribution in [1.29, 1.82) is 0 Å². The number of hydrogen-bond donors (Lipinski definition) is 0. The first-order valence-corrected chi connectivity index (χ1v) is 10.8. The van der Waals surface area contributed by atoms with Crippen molar-refractivity contribution >= 4 is 0 Å². The summed E-state index contributed by atoms with van der Waals surface area (Å²) >= 11 is 0. The highest BCUT2D eigenvalue weighted by atomic mass is 14.2. The second kappa shape index (κ2) is 17.4. The summed E-state index contributed by atoms with van der Waals surface area (Å²) in [6.07, 6.45) is 23.3. The molecule has 134 valence electrons. The molecule has 1 atom stereocenters. The summed E-state index contributed by atoms with van der Waals surface area (Å²) in [4.78, 5) is 0. The van der Waals surface area contributed by atoms with E-state index >= 15 is 0 Å². The van der Waals surface area contributed by atoms with E-state index in [0.29, 0.717) is 0 Å². The van der Waals surface area contributed by atoms with E-state index in [1.54, 1.807) is 0 Å². The maximum absolute atomic E-state index is 2.36. The van der Waals surface area contributed by atoms with Crippen LogP contribution in [0.15, 0.2) is 0 Å². The Hall–Kier alpha value is 0. The van der Waals surface area contributed by atoms with Crippen LogP contribution >= 0.6 is 0 Å². The van der Waals surface area contributed by atoms with Gasteiger partial charge < -0.3 is 0 Å². The van der Waals surface area contributed by atoms with E-state index in [1.165, 1.54) is 103 Å². The van der Waals surface area contributed by atoms with Crippen LogP contribution in [0, 0.1) is 11.8 Å². The minimum Gasteiger partial charge on any atom is -0.0654 e. The summed E-state index contributed by atoms with van der Waals surface area (Å²) in [5.74, 6) is 2.11. The SMILES string of the molecule is CCC1CCCCC1.CCCCCCC(CC)CCCCC. The van der Waals surface area contributed by atoms with Crippen molar-refractivity contribution in [2.75, 3.05) is 0 Å². The molecule has 0 spiro atoms. The van der Waals surface area contributed by atoms with E-state index in [-0.39, 0.29) is 0 Å². The normalized spacial score (nSPS) is 16.9. The minimum absolute atomic E-state index is 1.03. The van der Waals surface area contributed by atoms with Crippen LogP contribution in [0.25, 0.3) is 0 Å². The molecule has 0 radical (unpaired) electrons. The van der Waals surface area contributed by atoms with E-state index in [0.717, 1.165) is 11.8 Å². The largest absolute Gasteiger partial charge is 0.0654 e. The Morgan fingerprint density at radius 1 is 0.682 bits per heavy atom. The number of unbranched alkanes of at least 4 members (excludes halogenated alkanes) is 5. The minimum atomic E-state index is 1.03. The molecule has 0 aromatic rings. The second-order valence-electron chi connectivity index (χ2n) is 7.53. The van der Waals surface area contributed by atoms with Gasteiger partial charge in [0.1, 0.15) is 0 Å². The van der Waals surface area contributed by atoms with E-state index in [2.05, 4.69) is 27.7 Å². The van der Waals surface area contributed by atoms with Gasteiger partial charge >= 0.3 is 0 Å². The summed E-state index contributed by atoms with van der Waals surface area (Å²) in [7, 11) is 0. The van der Waals surface area contributed by atoms with Crippen molar-refractivity contribution in [1.82, 2.24) is 0 Å². The molecule has 1 fully saturated rings. The van der Waals surface area contributed by atoms with Crippen molar-refractivity contribution in [3.8, 4) is 0 Å². The van der Waals surface area contributed by atoms with Gasteiger partial charge in [0.05, 0.1) is 0 Å². The van der Waals surface area contributed by atoms with Gasteiger partial charge in [0.15, 0.2) is 0 Å². The van der Waals surface area contributed by atoms with Crippen LogP contribution in [-0.2, 0) is 0 Å². The Kier molecular flexibility index (Phi) is 17.4. The standard InChI is InChI=1S/C14H30.C8H16/c1-4-7-9-11-13-14(6-3)12-10-8-5-2;1-2-8-6-4-3-5-7-8/h14H,4-13H2,1-3H3;8H,2-7H2,1H3. The maximum Gasteiger partial charge on any atom is -0.0417 e. The summed E-state index contributed by atoms with van der Waals surface area (Å²) < 4.78 is 0.